The summed E-state index contributed by atoms with van der Waals surface area (Å²) in [6.45, 7) is 4.32. The fourth-order valence-electron chi connectivity index (χ4n) is 3.30. The van der Waals surface area contributed by atoms with Gasteiger partial charge in [0.2, 0.25) is 5.91 Å². The first-order valence-corrected chi connectivity index (χ1v) is 9.88. The second-order valence-corrected chi connectivity index (χ2v) is 7.70. The Hall–Kier alpha value is -2.93. The molecule has 2 aliphatic rings. The number of ether oxygens (including phenoxy) is 2. The Morgan fingerprint density at radius 3 is 2.61 bits per heavy atom. The molecule has 0 unspecified atom stereocenters. The lowest BCUT2D eigenvalue weighted by Crippen LogP contribution is -2.42. The van der Waals surface area contributed by atoms with Gasteiger partial charge < -0.3 is 14.8 Å². The van der Waals surface area contributed by atoms with Crippen molar-refractivity contribution in [1.82, 2.24) is 5.32 Å². The molecule has 1 N–H and O–H groups in total. The minimum atomic E-state index is -0.0393. The predicted octanol–water partition coefficient (Wildman–Crippen LogP) is 3.70. The van der Waals surface area contributed by atoms with Crippen LogP contribution >= 0.6 is 0 Å². The maximum Gasteiger partial charge on any atom is 0.217 e. The average Bonchev–Trinajstić information content (AvgIpc) is 3.41. The van der Waals surface area contributed by atoms with E-state index in [0.717, 1.165) is 47.1 Å². The summed E-state index contributed by atoms with van der Waals surface area (Å²) in [7, 11) is 0. The van der Waals surface area contributed by atoms with Crippen molar-refractivity contribution in [3.05, 3.63) is 59.2 Å². The minimum absolute atomic E-state index is 0.0277. The van der Waals surface area contributed by atoms with Crippen LogP contribution in [0.2, 0.25) is 0 Å². The van der Waals surface area contributed by atoms with E-state index in [-0.39, 0.29) is 18.1 Å². The van der Waals surface area contributed by atoms with Crippen LogP contribution in [-0.4, -0.2) is 24.7 Å². The van der Waals surface area contributed by atoms with Crippen LogP contribution in [0.5, 0.6) is 11.5 Å². The van der Waals surface area contributed by atoms with E-state index in [2.05, 4.69) is 23.2 Å². The van der Waals surface area contributed by atoms with Crippen molar-refractivity contribution in [2.75, 3.05) is 6.61 Å². The second kappa shape index (κ2) is 7.98. The molecule has 1 heterocycles. The molecule has 0 radical (unpaired) electrons. The maximum absolute atomic E-state index is 11.3. The van der Waals surface area contributed by atoms with Gasteiger partial charge in [0.1, 0.15) is 17.6 Å². The zero-order chi connectivity index (χ0) is 19.5. The van der Waals surface area contributed by atoms with Gasteiger partial charge in [-0.1, -0.05) is 17.9 Å². The molecule has 1 saturated carbocycles. The molecule has 28 heavy (non-hydrogen) atoms. The van der Waals surface area contributed by atoms with Gasteiger partial charge in [0.25, 0.3) is 0 Å². The lowest BCUT2D eigenvalue weighted by Gasteiger charge is -2.19. The van der Waals surface area contributed by atoms with Crippen LogP contribution < -0.4 is 14.8 Å². The van der Waals surface area contributed by atoms with Crippen LogP contribution in [0.3, 0.4) is 0 Å². The summed E-state index contributed by atoms with van der Waals surface area (Å²) in [5.74, 6) is 8.88. The molecule has 2 aromatic carbocycles. The van der Waals surface area contributed by atoms with Gasteiger partial charge in [-0.2, -0.15) is 0 Å². The summed E-state index contributed by atoms with van der Waals surface area (Å²) in [5.41, 5.74) is 3.03. The number of carbonyl (C=O) groups excluding carboxylic acids is 1. The maximum atomic E-state index is 11.3. The monoisotopic (exact) mass is 375 g/mol. The molecule has 4 heteroatoms. The summed E-state index contributed by atoms with van der Waals surface area (Å²) in [4.78, 5) is 11.3. The van der Waals surface area contributed by atoms with Gasteiger partial charge in [-0.25, -0.2) is 0 Å². The Morgan fingerprint density at radius 1 is 1.18 bits per heavy atom. The molecular formula is C24H25NO3. The molecule has 1 aliphatic carbocycles. The molecule has 0 bridgehead atoms. The first kappa shape index (κ1) is 18.4. The summed E-state index contributed by atoms with van der Waals surface area (Å²) >= 11 is 0. The van der Waals surface area contributed by atoms with E-state index in [1.54, 1.807) is 0 Å². The number of rotatable bonds is 5. The molecule has 4 rings (SSSR count). The van der Waals surface area contributed by atoms with Crippen LogP contribution in [-0.2, 0) is 11.2 Å². The molecule has 2 atom stereocenters. The molecule has 144 valence electrons. The highest BCUT2D eigenvalue weighted by Crippen LogP contribution is 2.31. The molecule has 4 nitrogen and oxygen atoms in total. The van der Waals surface area contributed by atoms with E-state index in [4.69, 9.17) is 9.47 Å². The van der Waals surface area contributed by atoms with Crippen LogP contribution in [0.15, 0.2) is 42.5 Å². The summed E-state index contributed by atoms with van der Waals surface area (Å²) < 4.78 is 11.8. The van der Waals surface area contributed by atoms with Crippen molar-refractivity contribution in [3.8, 4) is 23.3 Å². The van der Waals surface area contributed by atoms with Gasteiger partial charge in [-0.05, 0) is 67.6 Å². The van der Waals surface area contributed by atoms with Gasteiger partial charge in [-0.3, -0.25) is 4.79 Å². The van der Waals surface area contributed by atoms with Crippen molar-refractivity contribution in [1.29, 1.82) is 0 Å². The normalized spacial score (nSPS) is 18.3. The topological polar surface area (TPSA) is 47.6 Å². The van der Waals surface area contributed by atoms with Gasteiger partial charge in [0.15, 0.2) is 0 Å². The number of benzene rings is 2. The quantitative estimate of drug-likeness (QED) is 0.811. The minimum Gasteiger partial charge on any atom is -0.493 e. The molecule has 1 amide bonds. The number of fused-ring (bicyclic) bond motifs is 1. The zero-order valence-electron chi connectivity index (χ0n) is 16.3. The summed E-state index contributed by atoms with van der Waals surface area (Å²) in [6, 6.07) is 14.0. The molecule has 2 aromatic rings. The van der Waals surface area contributed by atoms with Gasteiger partial charge in [0, 0.05) is 24.5 Å². The molecule has 0 spiro atoms. The molecule has 1 aliphatic heterocycles. The van der Waals surface area contributed by atoms with Crippen LogP contribution in [0.25, 0.3) is 0 Å². The molecule has 0 aromatic heterocycles. The number of amides is 1. The highest BCUT2D eigenvalue weighted by atomic mass is 16.5. The summed E-state index contributed by atoms with van der Waals surface area (Å²) in [5, 5.41) is 2.90. The average molecular weight is 375 g/mol. The fraction of sp³-hybridized carbons (Fsp3) is 0.375. The Labute approximate surface area is 166 Å². The van der Waals surface area contributed by atoms with E-state index in [9.17, 15) is 4.79 Å². The first-order chi connectivity index (χ1) is 13.6. The Morgan fingerprint density at radius 2 is 1.89 bits per heavy atom. The second-order valence-electron chi connectivity index (χ2n) is 7.70. The number of carbonyl (C=O) groups is 1. The summed E-state index contributed by atoms with van der Waals surface area (Å²) in [6.07, 6.45) is 3.35. The number of hydrogen-bond acceptors (Lipinski definition) is 3. The van der Waals surface area contributed by atoms with Crippen molar-refractivity contribution in [2.45, 2.75) is 45.3 Å². The van der Waals surface area contributed by atoms with E-state index in [0.29, 0.717) is 0 Å². The lowest BCUT2D eigenvalue weighted by atomic mass is 10.0. The SMILES string of the molecule is CC(=O)N[C@@H](C)[C@H]1Cc2ccc(C#Cc3ccc(OCC4CC4)cc3)cc2O1. The van der Waals surface area contributed by atoms with Crippen LogP contribution in [0.1, 0.15) is 43.4 Å². The van der Waals surface area contributed by atoms with Crippen LogP contribution in [0, 0.1) is 17.8 Å². The third-order valence-electron chi connectivity index (χ3n) is 5.14. The lowest BCUT2D eigenvalue weighted by molar-refractivity contribution is -0.120. The number of hydrogen-bond donors (Lipinski definition) is 1. The van der Waals surface area contributed by atoms with Gasteiger partial charge in [0.05, 0.1) is 12.6 Å². The molecule has 0 saturated heterocycles. The van der Waals surface area contributed by atoms with Crippen molar-refractivity contribution in [3.63, 3.8) is 0 Å². The first-order valence-electron chi connectivity index (χ1n) is 9.88. The van der Waals surface area contributed by atoms with Crippen LogP contribution in [0.4, 0.5) is 0 Å². The van der Waals surface area contributed by atoms with E-state index < -0.39 is 0 Å². The van der Waals surface area contributed by atoms with E-state index >= 15 is 0 Å². The zero-order valence-corrected chi connectivity index (χ0v) is 16.3. The van der Waals surface area contributed by atoms with Crippen molar-refractivity contribution < 1.29 is 14.3 Å². The highest BCUT2D eigenvalue weighted by Gasteiger charge is 2.28. The number of nitrogens with one attached hydrogen (secondary N) is 1. The van der Waals surface area contributed by atoms with Crippen molar-refractivity contribution >= 4 is 5.91 Å². The molecular weight excluding hydrogens is 350 g/mol. The fourth-order valence-corrected chi connectivity index (χ4v) is 3.30. The largest absolute Gasteiger partial charge is 0.493 e. The Kier molecular flexibility index (Phi) is 5.25. The van der Waals surface area contributed by atoms with Crippen molar-refractivity contribution in [2.24, 2.45) is 5.92 Å². The Bertz CT molecular complexity index is 919. The van der Waals surface area contributed by atoms with E-state index in [1.165, 1.54) is 19.8 Å². The van der Waals surface area contributed by atoms with Gasteiger partial charge >= 0.3 is 0 Å². The standard InChI is InChI=1S/C24H25NO3/c1-16(25-17(2)26)23-14-21-10-7-19(13-24(21)28-23)4-3-18-8-11-22(12-9-18)27-15-20-5-6-20/h7-13,16,20,23H,5-6,14-15H2,1-2H3,(H,25,26)/t16-,23+/m0/s1. The van der Waals surface area contributed by atoms with Gasteiger partial charge in [-0.15, -0.1) is 0 Å². The molecule has 1 fully saturated rings. The Balaban J connectivity index is 1.38. The van der Waals surface area contributed by atoms with E-state index in [1.807, 2.05) is 43.3 Å². The third kappa shape index (κ3) is 4.67. The smallest absolute Gasteiger partial charge is 0.217 e. The third-order valence-corrected chi connectivity index (χ3v) is 5.14. The predicted molar refractivity (Wildman–Crippen MR) is 108 cm³/mol. The highest BCUT2D eigenvalue weighted by molar-refractivity contribution is 5.73.